The lowest BCUT2D eigenvalue weighted by atomic mass is 10.1. The number of aryl methyl sites for hydroxylation is 1. The first-order chi connectivity index (χ1) is 11.6. The Labute approximate surface area is 140 Å². The highest BCUT2D eigenvalue weighted by Crippen LogP contribution is 2.36. The first-order valence-electron chi connectivity index (χ1n) is 6.72. The van der Waals surface area contributed by atoms with Crippen LogP contribution in [0.15, 0.2) is 41.7 Å². The Bertz CT molecular complexity index is 966. The SMILES string of the molecule is Cn1cc(C2=CN3NCC(C#N)=C3C(OS(=O)(=O)C(F)(F)F)=C2)cn1. The van der Waals surface area contributed by atoms with E-state index in [9.17, 15) is 21.6 Å². The van der Waals surface area contributed by atoms with Crippen LogP contribution < -0.4 is 5.43 Å². The van der Waals surface area contributed by atoms with Gasteiger partial charge >= 0.3 is 15.6 Å². The Kier molecular flexibility index (Phi) is 3.85. The van der Waals surface area contributed by atoms with Crippen molar-refractivity contribution in [2.75, 3.05) is 6.54 Å². The first-order valence-corrected chi connectivity index (χ1v) is 8.13. The van der Waals surface area contributed by atoms with Gasteiger partial charge in [-0.2, -0.15) is 31.9 Å². The van der Waals surface area contributed by atoms with E-state index < -0.39 is 21.4 Å². The van der Waals surface area contributed by atoms with E-state index in [1.54, 1.807) is 13.2 Å². The molecule has 2 aliphatic rings. The average Bonchev–Trinajstić information content (AvgIpc) is 3.11. The second kappa shape index (κ2) is 5.64. The van der Waals surface area contributed by atoms with Crippen molar-refractivity contribution in [1.82, 2.24) is 20.2 Å². The van der Waals surface area contributed by atoms with Gasteiger partial charge in [-0.25, -0.2) is 5.43 Å². The van der Waals surface area contributed by atoms with Crippen molar-refractivity contribution in [2.45, 2.75) is 5.51 Å². The Morgan fingerprint density at radius 3 is 2.72 bits per heavy atom. The summed E-state index contributed by atoms with van der Waals surface area (Å²) >= 11 is 0. The van der Waals surface area contributed by atoms with E-state index in [1.807, 2.05) is 6.07 Å². The van der Waals surface area contributed by atoms with Crippen molar-refractivity contribution in [3.63, 3.8) is 0 Å². The van der Waals surface area contributed by atoms with E-state index in [0.717, 1.165) is 6.08 Å². The maximum atomic E-state index is 12.7. The minimum atomic E-state index is -5.88. The van der Waals surface area contributed by atoms with Crippen molar-refractivity contribution in [3.05, 3.63) is 47.3 Å². The summed E-state index contributed by atoms with van der Waals surface area (Å²) in [6.45, 7) is 0.0232. The molecule has 0 spiro atoms. The Balaban J connectivity index is 2.09. The van der Waals surface area contributed by atoms with Gasteiger partial charge in [0.2, 0.25) is 0 Å². The van der Waals surface area contributed by atoms with Gasteiger partial charge in [0, 0.05) is 30.6 Å². The molecule has 12 heteroatoms. The molecule has 0 fully saturated rings. The summed E-state index contributed by atoms with van der Waals surface area (Å²) in [7, 11) is -4.23. The molecule has 0 atom stereocenters. The Hall–Kier alpha value is -2.78. The zero-order valence-electron chi connectivity index (χ0n) is 12.6. The number of nitrogens with zero attached hydrogens (tertiary/aromatic N) is 4. The van der Waals surface area contributed by atoms with E-state index in [4.69, 9.17) is 5.26 Å². The van der Waals surface area contributed by atoms with Crippen LogP contribution in [0, 0.1) is 11.3 Å². The van der Waals surface area contributed by atoms with Crippen molar-refractivity contribution in [2.24, 2.45) is 7.05 Å². The van der Waals surface area contributed by atoms with E-state index in [1.165, 1.54) is 22.1 Å². The van der Waals surface area contributed by atoms with Crippen molar-refractivity contribution in [1.29, 1.82) is 5.26 Å². The lowest BCUT2D eigenvalue weighted by Crippen LogP contribution is -2.32. The lowest BCUT2D eigenvalue weighted by Gasteiger charge is -2.25. The minimum Gasteiger partial charge on any atom is -0.374 e. The quantitative estimate of drug-likeness (QED) is 0.626. The van der Waals surface area contributed by atoms with Gasteiger partial charge in [0.05, 0.1) is 24.4 Å². The zero-order chi connectivity index (χ0) is 18.4. The van der Waals surface area contributed by atoms with Crippen LogP contribution in [0.4, 0.5) is 13.2 Å². The molecule has 0 aliphatic carbocycles. The van der Waals surface area contributed by atoms with Gasteiger partial charge in [-0.3, -0.25) is 9.69 Å². The van der Waals surface area contributed by atoms with Crippen LogP contribution in [0.25, 0.3) is 5.57 Å². The molecule has 0 saturated heterocycles. The van der Waals surface area contributed by atoms with Gasteiger partial charge in [-0.1, -0.05) is 0 Å². The minimum absolute atomic E-state index is 0.0232. The normalized spacial score (nSPS) is 17.8. The summed E-state index contributed by atoms with van der Waals surface area (Å²) in [6, 6.07) is 1.81. The van der Waals surface area contributed by atoms with Crippen molar-refractivity contribution < 1.29 is 25.8 Å². The molecule has 132 valence electrons. The number of hydrogen-bond donors (Lipinski definition) is 1. The summed E-state index contributed by atoms with van der Waals surface area (Å²) in [5.74, 6) is -0.597. The number of nitriles is 1. The summed E-state index contributed by atoms with van der Waals surface area (Å²) in [4.78, 5) is 0. The van der Waals surface area contributed by atoms with Crippen LogP contribution >= 0.6 is 0 Å². The molecule has 0 amide bonds. The third kappa shape index (κ3) is 2.99. The molecule has 0 aromatic carbocycles. The Morgan fingerprint density at radius 2 is 2.16 bits per heavy atom. The van der Waals surface area contributed by atoms with E-state index in [-0.39, 0.29) is 17.8 Å². The topological polar surface area (TPSA) is 100 Å². The predicted molar refractivity (Wildman–Crippen MR) is 77.8 cm³/mol. The number of fused-ring (bicyclic) bond motifs is 1. The number of allylic oxidation sites excluding steroid dienone is 2. The van der Waals surface area contributed by atoms with Gasteiger partial charge in [0.25, 0.3) is 0 Å². The highest BCUT2D eigenvalue weighted by Gasteiger charge is 2.50. The first kappa shape index (κ1) is 17.1. The maximum absolute atomic E-state index is 12.7. The monoisotopic (exact) mass is 373 g/mol. The standard InChI is InChI=1S/C13H10F3N5O3S/c1-20-6-10(5-18-20)8-2-11(24-25(22,23)13(14,15)16)12-9(3-17)4-19-21(12)7-8/h2,5-7,19H,4H2,1H3. The second-order valence-corrected chi connectivity index (χ2v) is 6.66. The lowest BCUT2D eigenvalue weighted by molar-refractivity contribution is -0.0521. The van der Waals surface area contributed by atoms with Gasteiger partial charge < -0.3 is 4.18 Å². The molecule has 25 heavy (non-hydrogen) atoms. The molecule has 1 aromatic heterocycles. The van der Waals surface area contributed by atoms with E-state index in [0.29, 0.717) is 11.1 Å². The van der Waals surface area contributed by atoms with Crippen molar-refractivity contribution >= 4 is 15.7 Å². The van der Waals surface area contributed by atoms with Crippen LogP contribution in [0.5, 0.6) is 0 Å². The van der Waals surface area contributed by atoms with Gasteiger partial charge in [-0.05, 0) is 6.08 Å². The smallest absolute Gasteiger partial charge is 0.374 e. The Morgan fingerprint density at radius 1 is 1.44 bits per heavy atom. The molecule has 0 bridgehead atoms. The van der Waals surface area contributed by atoms with Crippen LogP contribution in [-0.2, 0) is 21.3 Å². The molecule has 3 rings (SSSR count). The molecule has 8 nitrogen and oxygen atoms in total. The van der Waals surface area contributed by atoms with E-state index >= 15 is 0 Å². The number of aromatic nitrogens is 2. The molecule has 3 heterocycles. The number of rotatable bonds is 3. The second-order valence-electron chi connectivity index (χ2n) is 5.12. The highest BCUT2D eigenvalue weighted by molar-refractivity contribution is 7.87. The molecular weight excluding hydrogens is 363 g/mol. The number of alkyl halides is 3. The van der Waals surface area contributed by atoms with Crippen LogP contribution in [-0.4, -0.2) is 35.3 Å². The average molecular weight is 373 g/mol. The molecule has 1 aromatic rings. The molecule has 2 aliphatic heterocycles. The number of hydrazine groups is 1. The van der Waals surface area contributed by atoms with Gasteiger partial charge in [0.1, 0.15) is 5.70 Å². The summed E-state index contributed by atoms with van der Waals surface area (Å²) in [5, 5.41) is 14.3. The zero-order valence-corrected chi connectivity index (χ0v) is 13.4. The number of hydrogen-bond acceptors (Lipinski definition) is 7. The number of nitrogens with one attached hydrogen (secondary N) is 1. The maximum Gasteiger partial charge on any atom is 0.534 e. The predicted octanol–water partition coefficient (Wildman–Crippen LogP) is 1.12. The van der Waals surface area contributed by atoms with Gasteiger partial charge in [-0.15, -0.1) is 0 Å². The van der Waals surface area contributed by atoms with Crippen LogP contribution in [0.1, 0.15) is 5.56 Å². The summed E-state index contributed by atoms with van der Waals surface area (Å²) in [5.41, 5.74) is -1.98. The third-order valence-electron chi connectivity index (χ3n) is 3.40. The fraction of sp³-hybridized carbons (Fsp3) is 0.231. The molecule has 1 N–H and O–H groups in total. The fourth-order valence-electron chi connectivity index (χ4n) is 2.29. The molecular formula is C13H10F3N5O3S. The molecule has 0 saturated carbocycles. The van der Waals surface area contributed by atoms with Gasteiger partial charge in [0.15, 0.2) is 5.76 Å². The third-order valence-corrected chi connectivity index (χ3v) is 4.36. The van der Waals surface area contributed by atoms with Crippen LogP contribution in [0.3, 0.4) is 0 Å². The summed E-state index contributed by atoms with van der Waals surface area (Å²) in [6.07, 6.45) is 5.67. The van der Waals surface area contributed by atoms with Crippen molar-refractivity contribution in [3.8, 4) is 6.07 Å². The van der Waals surface area contributed by atoms with Crippen LogP contribution in [0.2, 0.25) is 0 Å². The fourth-order valence-corrected chi connectivity index (χ4v) is 2.74. The molecule has 0 unspecified atom stereocenters. The highest BCUT2D eigenvalue weighted by atomic mass is 32.2. The van der Waals surface area contributed by atoms with E-state index in [2.05, 4.69) is 14.7 Å². The largest absolute Gasteiger partial charge is 0.534 e. The molecule has 0 radical (unpaired) electrons. The summed E-state index contributed by atoms with van der Waals surface area (Å²) < 4.78 is 66.5. The number of halogens is 3.